The minimum Gasteiger partial charge on any atom is -0.393 e. The fourth-order valence-corrected chi connectivity index (χ4v) is 3.23. The second kappa shape index (κ2) is 7.32. The van der Waals surface area contributed by atoms with Gasteiger partial charge in [0.05, 0.1) is 17.3 Å². The van der Waals surface area contributed by atoms with Gasteiger partial charge in [-0.1, -0.05) is 23.7 Å². The van der Waals surface area contributed by atoms with Crippen LogP contribution in [0.2, 0.25) is 5.02 Å². The van der Waals surface area contributed by atoms with Crippen LogP contribution < -0.4 is 0 Å². The Labute approximate surface area is 146 Å². The molecular formula is C19H21ClN2O2. The van der Waals surface area contributed by atoms with Gasteiger partial charge >= 0.3 is 0 Å². The van der Waals surface area contributed by atoms with Crippen LogP contribution in [0, 0.1) is 5.92 Å². The number of hydrogen-bond acceptors (Lipinski definition) is 3. The van der Waals surface area contributed by atoms with Crippen molar-refractivity contribution in [3.05, 3.63) is 47.1 Å². The number of amides is 1. The molecule has 1 saturated heterocycles. The number of piperidine rings is 1. The molecule has 1 atom stereocenters. The molecule has 2 aromatic rings. The molecule has 0 radical (unpaired) electrons. The molecular weight excluding hydrogens is 324 g/mol. The molecule has 0 aliphatic carbocycles. The molecule has 0 saturated carbocycles. The minimum absolute atomic E-state index is 0.00738. The van der Waals surface area contributed by atoms with Crippen molar-refractivity contribution in [2.45, 2.75) is 25.9 Å². The quantitative estimate of drug-likeness (QED) is 0.867. The van der Waals surface area contributed by atoms with Gasteiger partial charge in [0.1, 0.15) is 0 Å². The lowest BCUT2D eigenvalue weighted by atomic mass is 9.92. The topological polar surface area (TPSA) is 53.4 Å². The van der Waals surface area contributed by atoms with Crippen molar-refractivity contribution in [3.8, 4) is 0 Å². The first-order valence-electron chi connectivity index (χ1n) is 8.24. The summed E-state index contributed by atoms with van der Waals surface area (Å²) in [6, 6.07) is 9.44. The van der Waals surface area contributed by atoms with Gasteiger partial charge in [-0.25, -0.2) is 4.98 Å². The number of aliphatic hydroxyl groups excluding tert-OH is 1. The van der Waals surface area contributed by atoms with Crippen LogP contribution in [0.4, 0.5) is 0 Å². The van der Waals surface area contributed by atoms with Crippen LogP contribution in [0.15, 0.2) is 36.4 Å². The molecule has 24 heavy (non-hydrogen) atoms. The monoisotopic (exact) mass is 344 g/mol. The summed E-state index contributed by atoms with van der Waals surface area (Å²) in [6.07, 6.45) is 4.71. The van der Waals surface area contributed by atoms with Crippen molar-refractivity contribution >= 4 is 34.5 Å². The lowest BCUT2D eigenvalue weighted by molar-refractivity contribution is -0.127. The number of pyridine rings is 1. The fourth-order valence-electron chi connectivity index (χ4n) is 3.06. The molecule has 0 spiro atoms. The van der Waals surface area contributed by atoms with Crippen molar-refractivity contribution in [3.63, 3.8) is 0 Å². The van der Waals surface area contributed by atoms with Gasteiger partial charge in [0, 0.05) is 29.6 Å². The van der Waals surface area contributed by atoms with Crippen molar-refractivity contribution in [1.82, 2.24) is 9.88 Å². The maximum atomic E-state index is 12.3. The van der Waals surface area contributed by atoms with Crippen LogP contribution in [0.3, 0.4) is 0 Å². The number of carbonyl (C=O) groups excluding carboxylic acids is 1. The van der Waals surface area contributed by atoms with E-state index in [4.69, 9.17) is 11.6 Å². The van der Waals surface area contributed by atoms with Gasteiger partial charge in [-0.15, -0.1) is 0 Å². The average molecular weight is 345 g/mol. The van der Waals surface area contributed by atoms with Crippen LogP contribution >= 0.6 is 11.6 Å². The summed E-state index contributed by atoms with van der Waals surface area (Å²) in [5.41, 5.74) is 1.55. The summed E-state index contributed by atoms with van der Waals surface area (Å²) in [5.74, 6) is 0.289. The molecule has 1 amide bonds. The summed E-state index contributed by atoms with van der Waals surface area (Å²) in [7, 11) is 0. The highest BCUT2D eigenvalue weighted by Gasteiger charge is 2.24. The lowest BCUT2D eigenvalue weighted by Gasteiger charge is -2.32. The molecule has 0 bridgehead atoms. The Morgan fingerprint density at radius 3 is 2.75 bits per heavy atom. The zero-order valence-corrected chi connectivity index (χ0v) is 14.4. The Bertz CT molecular complexity index is 765. The Kier molecular flexibility index (Phi) is 5.17. The lowest BCUT2D eigenvalue weighted by Crippen LogP contribution is -2.39. The van der Waals surface area contributed by atoms with E-state index in [1.807, 2.05) is 42.2 Å². The summed E-state index contributed by atoms with van der Waals surface area (Å²) in [6.45, 7) is 3.21. The summed E-state index contributed by atoms with van der Waals surface area (Å²) in [4.78, 5) is 18.6. The average Bonchev–Trinajstić information content (AvgIpc) is 2.59. The van der Waals surface area contributed by atoms with E-state index >= 15 is 0 Å². The highest BCUT2D eigenvalue weighted by Crippen LogP contribution is 2.21. The van der Waals surface area contributed by atoms with Gasteiger partial charge in [0.2, 0.25) is 5.91 Å². The van der Waals surface area contributed by atoms with E-state index in [9.17, 15) is 9.90 Å². The predicted molar refractivity (Wildman–Crippen MR) is 96.8 cm³/mol. The third-order valence-electron chi connectivity index (χ3n) is 4.61. The van der Waals surface area contributed by atoms with E-state index in [2.05, 4.69) is 4.98 Å². The second-order valence-electron chi connectivity index (χ2n) is 6.31. The smallest absolute Gasteiger partial charge is 0.246 e. The van der Waals surface area contributed by atoms with Crippen LogP contribution in [-0.4, -0.2) is 40.1 Å². The maximum absolute atomic E-state index is 12.3. The third kappa shape index (κ3) is 3.94. The Balaban J connectivity index is 1.66. The van der Waals surface area contributed by atoms with Crippen LogP contribution in [-0.2, 0) is 4.79 Å². The number of nitrogens with zero attached hydrogens (tertiary/aromatic N) is 2. The molecule has 126 valence electrons. The number of fused-ring (bicyclic) bond motifs is 1. The van der Waals surface area contributed by atoms with Crippen molar-refractivity contribution in [2.75, 3.05) is 13.1 Å². The van der Waals surface area contributed by atoms with Gasteiger partial charge in [-0.05, 0) is 50.0 Å². The molecule has 2 heterocycles. The van der Waals surface area contributed by atoms with Gasteiger partial charge in [0.25, 0.3) is 0 Å². The summed E-state index contributed by atoms with van der Waals surface area (Å²) < 4.78 is 0. The van der Waals surface area contributed by atoms with Crippen LogP contribution in [0.1, 0.15) is 25.5 Å². The summed E-state index contributed by atoms with van der Waals surface area (Å²) >= 11 is 6.00. The standard InChI is InChI=1S/C19H21ClN2O2/c1-13(23)14-8-10-22(11-9-14)19(24)7-6-17-5-3-15-2-4-16(20)12-18(15)21-17/h2-7,12-14,23H,8-11H2,1H3. The van der Waals surface area contributed by atoms with Gasteiger partial charge in [-0.2, -0.15) is 0 Å². The maximum Gasteiger partial charge on any atom is 0.246 e. The molecule has 1 unspecified atom stereocenters. The zero-order chi connectivity index (χ0) is 17.1. The number of rotatable bonds is 3. The van der Waals surface area contributed by atoms with E-state index in [0.29, 0.717) is 24.0 Å². The molecule has 3 rings (SSSR count). The second-order valence-corrected chi connectivity index (χ2v) is 6.75. The van der Waals surface area contributed by atoms with Crippen molar-refractivity contribution in [1.29, 1.82) is 0 Å². The van der Waals surface area contributed by atoms with E-state index < -0.39 is 0 Å². The normalized spacial score (nSPS) is 17.5. The number of likely N-dealkylation sites (tertiary alicyclic amines) is 1. The highest BCUT2D eigenvalue weighted by molar-refractivity contribution is 6.31. The molecule has 1 aliphatic rings. The first-order valence-corrected chi connectivity index (χ1v) is 8.62. The third-order valence-corrected chi connectivity index (χ3v) is 4.84. The Morgan fingerprint density at radius 2 is 2.04 bits per heavy atom. The van der Waals surface area contributed by atoms with E-state index in [1.165, 1.54) is 0 Å². The predicted octanol–water partition coefficient (Wildman–Crippen LogP) is 3.52. The number of carbonyl (C=O) groups is 1. The van der Waals surface area contributed by atoms with Gasteiger partial charge in [0.15, 0.2) is 0 Å². The van der Waals surface area contributed by atoms with E-state index in [0.717, 1.165) is 29.4 Å². The highest BCUT2D eigenvalue weighted by atomic mass is 35.5. The number of halogens is 1. The molecule has 1 N–H and O–H groups in total. The van der Waals surface area contributed by atoms with Crippen molar-refractivity contribution < 1.29 is 9.90 Å². The van der Waals surface area contributed by atoms with Gasteiger partial charge in [-0.3, -0.25) is 4.79 Å². The Hall–Kier alpha value is -1.91. The largest absolute Gasteiger partial charge is 0.393 e. The van der Waals surface area contributed by atoms with E-state index in [1.54, 1.807) is 12.2 Å². The zero-order valence-electron chi connectivity index (χ0n) is 13.7. The van der Waals surface area contributed by atoms with Crippen molar-refractivity contribution in [2.24, 2.45) is 5.92 Å². The molecule has 4 nitrogen and oxygen atoms in total. The molecule has 1 fully saturated rings. The van der Waals surface area contributed by atoms with Gasteiger partial charge < -0.3 is 10.0 Å². The SMILES string of the molecule is CC(O)C1CCN(C(=O)C=Cc2ccc3ccc(Cl)cc3n2)CC1. The summed E-state index contributed by atoms with van der Waals surface area (Å²) in [5, 5.41) is 11.3. The first-order chi connectivity index (χ1) is 11.5. The number of hydrogen-bond donors (Lipinski definition) is 1. The first kappa shape index (κ1) is 16.9. The fraction of sp³-hybridized carbons (Fsp3) is 0.368. The minimum atomic E-state index is -0.300. The molecule has 1 aromatic heterocycles. The van der Waals surface area contributed by atoms with E-state index in [-0.39, 0.29) is 12.0 Å². The van der Waals surface area contributed by atoms with Crippen LogP contribution in [0.5, 0.6) is 0 Å². The molecule has 1 aromatic carbocycles. The number of aliphatic hydroxyl groups is 1. The Morgan fingerprint density at radius 1 is 1.33 bits per heavy atom. The molecule has 1 aliphatic heterocycles. The van der Waals surface area contributed by atoms with Crippen LogP contribution in [0.25, 0.3) is 17.0 Å². The molecule has 5 heteroatoms. The number of aromatic nitrogens is 1. The number of benzene rings is 1.